The molecule has 1 aliphatic heterocycles. The minimum Gasteiger partial charge on any atom is -0.473 e. The standard InChI is InChI=1S/C9H11ClN2O.C3H6O2/c10-7-1-2-9(12-5-7)13-8-3-4-11-6-8;1-2-3-5-4/h1-2,5,8,11H,3-4,6H2;2,4H,1,3H2. The molecule has 100 valence electrons. The average molecular weight is 273 g/mol. The molecular formula is C12H17ClN2O3. The highest BCUT2D eigenvalue weighted by atomic mass is 35.5. The maximum Gasteiger partial charge on any atom is 0.213 e. The van der Waals surface area contributed by atoms with E-state index in [9.17, 15) is 0 Å². The first-order chi connectivity index (χ1) is 8.76. The average Bonchev–Trinajstić information content (AvgIpc) is 2.87. The Bertz CT molecular complexity index is 340. The Morgan fingerprint density at radius 1 is 1.61 bits per heavy atom. The molecule has 1 fully saturated rings. The van der Waals surface area contributed by atoms with Crippen molar-refractivity contribution in [2.24, 2.45) is 0 Å². The molecule has 2 rings (SSSR count). The van der Waals surface area contributed by atoms with Crippen molar-refractivity contribution in [3.8, 4) is 5.88 Å². The van der Waals surface area contributed by atoms with Crippen molar-refractivity contribution in [2.45, 2.75) is 12.5 Å². The van der Waals surface area contributed by atoms with Gasteiger partial charge in [-0.25, -0.2) is 9.87 Å². The zero-order valence-electron chi connectivity index (χ0n) is 10.0. The molecule has 0 aliphatic carbocycles. The summed E-state index contributed by atoms with van der Waals surface area (Å²) in [7, 11) is 0. The third-order valence-electron chi connectivity index (χ3n) is 2.20. The van der Waals surface area contributed by atoms with Gasteiger partial charge in [0.15, 0.2) is 0 Å². The minimum atomic E-state index is 0.208. The molecule has 0 saturated carbocycles. The Kier molecular flexibility index (Phi) is 7.36. The molecule has 0 radical (unpaired) electrons. The molecule has 0 amide bonds. The summed E-state index contributed by atoms with van der Waals surface area (Å²) in [4.78, 5) is 7.63. The van der Waals surface area contributed by atoms with E-state index in [1.54, 1.807) is 18.3 Å². The second-order valence-electron chi connectivity index (χ2n) is 3.63. The van der Waals surface area contributed by atoms with E-state index in [4.69, 9.17) is 21.6 Å². The third-order valence-corrected chi connectivity index (χ3v) is 2.42. The van der Waals surface area contributed by atoms with Gasteiger partial charge in [-0.05, 0) is 19.0 Å². The molecular weight excluding hydrogens is 256 g/mol. The molecule has 1 atom stereocenters. The van der Waals surface area contributed by atoms with Gasteiger partial charge in [-0.15, -0.1) is 6.58 Å². The molecule has 0 spiro atoms. The summed E-state index contributed by atoms with van der Waals surface area (Å²) < 4.78 is 5.60. The van der Waals surface area contributed by atoms with Gasteiger partial charge in [0.2, 0.25) is 5.88 Å². The van der Waals surface area contributed by atoms with Crippen LogP contribution in [0.1, 0.15) is 6.42 Å². The van der Waals surface area contributed by atoms with E-state index in [1.165, 1.54) is 6.08 Å². The van der Waals surface area contributed by atoms with Crippen LogP contribution in [0.15, 0.2) is 31.0 Å². The maximum absolute atomic E-state index is 7.50. The molecule has 6 heteroatoms. The minimum absolute atomic E-state index is 0.208. The van der Waals surface area contributed by atoms with Crippen LogP contribution in [0.25, 0.3) is 0 Å². The van der Waals surface area contributed by atoms with Gasteiger partial charge in [-0.2, -0.15) is 0 Å². The number of halogens is 1. The molecule has 1 aliphatic rings. The molecule has 2 heterocycles. The second-order valence-corrected chi connectivity index (χ2v) is 4.07. The summed E-state index contributed by atoms with van der Waals surface area (Å²) in [6.07, 6.45) is 4.36. The number of ether oxygens (including phenoxy) is 1. The van der Waals surface area contributed by atoms with Gasteiger partial charge in [-0.1, -0.05) is 17.7 Å². The highest BCUT2D eigenvalue weighted by molar-refractivity contribution is 6.30. The van der Waals surface area contributed by atoms with Crippen LogP contribution < -0.4 is 10.1 Å². The molecule has 2 N–H and O–H groups in total. The fourth-order valence-electron chi connectivity index (χ4n) is 1.38. The Labute approximate surface area is 111 Å². The van der Waals surface area contributed by atoms with Gasteiger partial charge in [0.05, 0.1) is 11.6 Å². The van der Waals surface area contributed by atoms with E-state index in [0.717, 1.165) is 19.5 Å². The summed E-state index contributed by atoms with van der Waals surface area (Å²) in [5, 5.41) is 11.4. The van der Waals surface area contributed by atoms with Crippen LogP contribution in [0, 0.1) is 0 Å². The van der Waals surface area contributed by atoms with Crippen molar-refractivity contribution >= 4 is 11.6 Å². The third kappa shape index (κ3) is 5.97. The second kappa shape index (κ2) is 8.88. The van der Waals surface area contributed by atoms with Crippen molar-refractivity contribution in [3.05, 3.63) is 36.0 Å². The fourth-order valence-corrected chi connectivity index (χ4v) is 1.50. The Morgan fingerprint density at radius 3 is 2.89 bits per heavy atom. The Morgan fingerprint density at radius 2 is 2.44 bits per heavy atom. The highest BCUT2D eigenvalue weighted by Crippen LogP contribution is 2.14. The lowest BCUT2D eigenvalue weighted by molar-refractivity contribution is -0.231. The van der Waals surface area contributed by atoms with E-state index >= 15 is 0 Å². The van der Waals surface area contributed by atoms with Crippen molar-refractivity contribution in [2.75, 3.05) is 19.7 Å². The Hall–Kier alpha value is -1.14. The first-order valence-electron chi connectivity index (χ1n) is 5.62. The number of aromatic nitrogens is 1. The molecule has 0 bridgehead atoms. The number of rotatable bonds is 4. The van der Waals surface area contributed by atoms with Crippen LogP contribution in [0.5, 0.6) is 5.88 Å². The normalized spacial score (nSPS) is 17.8. The zero-order valence-corrected chi connectivity index (χ0v) is 10.8. The van der Waals surface area contributed by atoms with Crippen molar-refractivity contribution < 1.29 is 14.9 Å². The highest BCUT2D eigenvalue weighted by Gasteiger charge is 2.15. The lowest BCUT2D eigenvalue weighted by atomic mass is 10.3. The summed E-state index contributed by atoms with van der Waals surface area (Å²) in [6.45, 7) is 5.41. The van der Waals surface area contributed by atoms with Gasteiger partial charge in [-0.3, -0.25) is 5.26 Å². The molecule has 1 unspecified atom stereocenters. The number of nitrogens with one attached hydrogen (secondary N) is 1. The van der Waals surface area contributed by atoms with E-state index in [1.807, 2.05) is 0 Å². The SMILES string of the molecule is C=CCOO.Clc1ccc(OC2CCNC2)nc1. The molecule has 18 heavy (non-hydrogen) atoms. The van der Waals surface area contributed by atoms with E-state index < -0.39 is 0 Å². The topological polar surface area (TPSA) is 63.6 Å². The lowest BCUT2D eigenvalue weighted by Gasteiger charge is -2.10. The number of hydrogen-bond donors (Lipinski definition) is 2. The monoisotopic (exact) mass is 272 g/mol. The van der Waals surface area contributed by atoms with E-state index in [0.29, 0.717) is 10.9 Å². The number of nitrogens with zero attached hydrogens (tertiary/aromatic N) is 1. The maximum atomic E-state index is 7.50. The predicted molar refractivity (Wildman–Crippen MR) is 69.9 cm³/mol. The van der Waals surface area contributed by atoms with Gasteiger partial charge in [0.1, 0.15) is 6.10 Å². The fraction of sp³-hybridized carbons (Fsp3) is 0.417. The van der Waals surface area contributed by atoms with Gasteiger partial charge in [0.25, 0.3) is 0 Å². The lowest BCUT2D eigenvalue weighted by Crippen LogP contribution is -2.19. The zero-order chi connectivity index (χ0) is 13.2. The van der Waals surface area contributed by atoms with Gasteiger partial charge >= 0.3 is 0 Å². The van der Waals surface area contributed by atoms with Gasteiger partial charge in [0, 0.05) is 18.8 Å². The van der Waals surface area contributed by atoms with E-state index in [2.05, 4.69) is 21.8 Å². The summed E-state index contributed by atoms with van der Waals surface area (Å²) in [5.74, 6) is 0.651. The van der Waals surface area contributed by atoms with Crippen LogP contribution in [-0.2, 0) is 4.89 Å². The largest absolute Gasteiger partial charge is 0.473 e. The molecule has 1 aromatic heterocycles. The molecule has 1 aromatic rings. The number of hydrogen-bond acceptors (Lipinski definition) is 5. The van der Waals surface area contributed by atoms with Crippen LogP contribution in [0.2, 0.25) is 5.02 Å². The first kappa shape index (κ1) is 14.9. The van der Waals surface area contributed by atoms with Crippen LogP contribution in [0.4, 0.5) is 0 Å². The van der Waals surface area contributed by atoms with Crippen LogP contribution in [0.3, 0.4) is 0 Å². The van der Waals surface area contributed by atoms with E-state index in [-0.39, 0.29) is 12.7 Å². The smallest absolute Gasteiger partial charge is 0.213 e. The van der Waals surface area contributed by atoms with Crippen LogP contribution in [-0.4, -0.2) is 36.0 Å². The Balaban J connectivity index is 0.000000280. The number of pyridine rings is 1. The van der Waals surface area contributed by atoms with Crippen molar-refractivity contribution in [1.29, 1.82) is 0 Å². The summed E-state index contributed by atoms with van der Waals surface area (Å²) >= 11 is 5.70. The van der Waals surface area contributed by atoms with Crippen molar-refractivity contribution in [3.63, 3.8) is 0 Å². The van der Waals surface area contributed by atoms with Crippen molar-refractivity contribution in [1.82, 2.24) is 10.3 Å². The molecule has 5 nitrogen and oxygen atoms in total. The summed E-state index contributed by atoms with van der Waals surface area (Å²) in [6, 6.07) is 3.58. The first-order valence-corrected chi connectivity index (χ1v) is 6.00. The van der Waals surface area contributed by atoms with Gasteiger partial charge < -0.3 is 10.1 Å². The molecule has 0 aromatic carbocycles. The molecule has 1 saturated heterocycles. The quantitative estimate of drug-likeness (QED) is 0.499. The summed E-state index contributed by atoms with van der Waals surface area (Å²) in [5.41, 5.74) is 0. The predicted octanol–water partition coefficient (Wildman–Crippen LogP) is 2.14. The van der Waals surface area contributed by atoms with Crippen LogP contribution >= 0.6 is 11.6 Å².